The first kappa shape index (κ1) is 28.7. The van der Waals surface area contributed by atoms with E-state index in [1.807, 2.05) is 30.3 Å². The molecular formula is C30H34F6N4. The van der Waals surface area contributed by atoms with Crippen LogP contribution in [0.15, 0.2) is 48.5 Å². The third-order valence-corrected chi connectivity index (χ3v) is 8.09. The minimum absolute atomic E-state index is 0.0769. The zero-order valence-electron chi connectivity index (χ0n) is 22.5. The van der Waals surface area contributed by atoms with Crippen LogP contribution in [0.4, 0.5) is 32.2 Å². The summed E-state index contributed by atoms with van der Waals surface area (Å²) in [7, 11) is 0. The fraction of sp³-hybridized carbons (Fsp3) is 0.500. The lowest BCUT2D eigenvalue weighted by molar-refractivity contribution is -0.143. The fourth-order valence-electron chi connectivity index (χ4n) is 6.07. The number of rotatable bonds is 6. The highest BCUT2D eigenvalue weighted by atomic mass is 19.4. The summed E-state index contributed by atoms with van der Waals surface area (Å²) in [5.41, 5.74) is -0.990. The fourth-order valence-corrected chi connectivity index (χ4v) is 6.07. The predicted octanol–water partition coefficient (Wildman–Crippen LogP) is 7.41. The highest BCUT2D eigenvalue weighted by Gasteiger charge is 2.37. The van der Waals surface area contributed by atoms with Crippen LogP contribution in [-0.4, -0.2) is 41.6 Å². The van der Waals surface area contributed by atoms with Gasteiger partial charge in [-0.3, -0.25) is 4.90 Å². The molecule has 2 aliphatic rings. The summed E-state index contributed by atoms with van der Waals surface area (Å²) in [5, 5.41) is 4.01. The van der Waals surface area contributed by atoms with E-state index >= 15 is 0 Å². The number of pyridine rings is 1. The number of benzene rings is 2. The van der Waals surface area contributed by atoms with Crippen LogP contribution in [0, 0.1) is 0 Å². The standard InChI is InChI=1S/C30H34F6N4/c1-20-19-39(26-8-3-2-4-9-26)11-12-40(20)28-23(15-22-7-5-6-10-27(22)38-28)18-37-17-21-13-24(29(31,32)33)16-25(14-21)30(34,35)36/h5-7,10,13-16,20,26,37H,2-4,8-9,11-12,17-19H2,1H3. The van der Waals surface area contributed by atoms with Crippen LogP contribution in [0.3, 0.4) is 0 Å². The molecule has 1 atom stereocenters. The zero-order valence-corrected chi connectivity index (χ0v) is 22.5. The van der Waals surface area contributed by atoms with Crippen LogP contribution in [0.1, 0.15) is 61.3 Å². The molecule has 216 valence electrons. The first-order valence-electron chi connectivity index (χ1n) is 13.9. The Balaban J connectivity index is 1.36. The van der Waals surface area contributed by atoms with E-state index in [2.05, 4.69) is 22.0 Å². The summed E-state index contributed by atoms with van der Waals surface area (Å²) in [5.74, 6) is 0.807. The van der Waals surface area contributed by atoms with E-state index in [0.29, 0.717) is 6.04 Å². The van der Waals surface area contributed by atoms with Gasteiger partial charge >= 0.3 is 12.4 Å². The van der Waals surface area contributed by atoms with E-state index in [4.69, 9.17) is 4.98 Å². The van der Waals surface area contributed by atoms with Crippen molar-refractivity contribution in [1.82, 2.24) is 15.2 Å². The van der Waals surface area contributed by atoms with Gasteiger partial charge < -0.3 is 10.2 Å². The number of fused-ring (bicyclic) bond motifs is 1. The van der Waals surface area contributed by atoms with Crippen LogP contribution in [0.2, 0.25) is 0 Å². The number of piperazine rings is 1. The van der Waals surface area contributed by atoms with Gasteiger partial charge in [0.15, 0.2) is 0 Å². The molecular weight excluding hydrogens is 530 g/mol. The molecule has 1 aliphatic heterocycles. The van der Waals surface area contributed by atoms with Crippen LogP contribution >= 0.6 is 0 Å². The number of nitrogens with zero attached hydrogens (tertiary/aromatic N) is 3. The lowest BCUT2D eigenvalue weighted by Crippen LogP contribution is -2.55. The van der Waals surface area contributed by atoms with Crippen molar-refractivity contribution in [2.75, 3.05) is 24.5 Å². The van der Waals surface area contributed by atoms with E-state index < -0.39 is 23.5 Å². The molecule has 0 bridgehead atoms. The molecule has 1 N–H and O–H groups in total. The second-order valence-electron chi connectivity index (χ2n) is 11.0. The molecule has 1 aromatic heterocycles. The van der Waals surface area contributed by atoms with Gasteiger partial charge in [0.2, 0.25) is 0 Å². The van der Waals surface area contributed by atoms with Crippen molar-refractivity contribution < 1.29 is 26.3 Å². The topological polar surface area (TPSA) is 31.4 Å². The normalized spacial score (nSPS) is 19.9. The molecule has 1 saturated heterocycles. The molecule has 1 aliphatic carbocycles. The summed E-state index contributed by atoms with van der Waals surface area (Å²) >= 11 is 0. The van der Waals surface area contributed by atoms with Gasteiger partial charge in [-0.2, -0.15) is 26.3 Å². The van der Waals surface area contributed by atoms with Gasteiger partial charge in [-0.1, -0.05) is 37.5 Å². The molecule has 3 aromatic rings. The number of aromatic nitrogens is 1. The molecule has 1 unspecified atom stereocenters. The summed E-state index contributed by atoms with van der Waals surface area (Å²) in [6.45, 7) is 4.95. The molecule has 5 rings (SSSR count). The van der Waals surface area contributed by atoms with Gasteiger partial charge in [-0.25, -0.2) is 4.98 Å². The number of anilines is 1. The molecule has 4 nitrogen and oxygen atoms in total. The SMILES string of the molecule is CC1CN(C2CCCCC2)CCN1c1nc2ccccc2cc1CNCc1cc(C(F)(F)F)cc(C(F)(F)F)c1. The maximum Gasteiger partial charge on any atom is 0.416 e. The molecule has 0 radical (unpaired) electrons. The smallest absolute Gasteiger partial charge is 0.351 e. The Hall–Kier alpha value is -2.85. The summed E-state index contributed by atoms with van der Waals surface area (Å²) < 4.78 is 79.9. The molecule has 2 heterocycles. The van der Waals surface area contributed by atoms with Gasteiger partial charge in [0.25, 0.3) is 0 Å². The maximum atomic E-state index is 13.3. The first-order chi connectivity index (χ1) is 19.0. The van der Waals surface area contributed by atoms with E-state index in [-0.39, 0.29) is 30.8 Å². The Bertz CT molecular complexity index is 1280. The number of alkyl halides is 6. The molecule has 2 aromatic carbocycles. The van der Waals surface area contributed by atoms with Crippen molar-refractivity contribution in [3.05, 3.63) is 70.8 Å². The zero-order chi connectivity index (χ0) is 28.5. The van der Waals surface area contributed by atoms with Crippen molar-refractivity contribution in [1.29, 1.82) is 0 Å². The quantitative estimate of drug-likeness (QED) is 0.316. The Morgan fingerprint density at radius 2 is 1.52 bits per heavy atom. The average Bonchev–Trinajstić information content (AvgIpc) is 2.92. The molecule has 2 fully saturated rings. The average molecular weight is 565 g/mol. The molecule has 0 amide bonds. The predicted molar refractivity (Wildman–Crippen MR) is 144 cm³/mol. The monoisotopic (exact) mass is 564 g/mol. The number of nitrogens with one attached hydrogen (secondary N) is 1. The Kier molecular flexibility index (Phi) is 8.29. The molecule has 0 spiro atoms. The molecule has 1 saturated carbocycles. The maximum absolute atomic E-state index is 13.3. The van der Waals surface area contributed by atoms with E-state index in [1.165, 1.54) is 32.1 Å². The highest BCUT2D eigenvalue weighted by molar-refractivity contribution is 5.82. The largest absolute Gasteiger partial charge is 0.416 e. The van der Waals surface area contributed by atoms with Gasteiger partial charge in [0.05, 0.1) is 16.6 Å². The van der Waals surface area contributed by atoms with Crippen molar-refractivity contribution in [3.63, 3.8) is 0 Å². The summed E-state index contributed by atoms with van der Waals surface area (Å²) in [6, 6.07) is 12.3. The third-order valence-electron chi connectivity index (χ3n) is 8.09. The van der Waals surface area contributed by atoms with Gasteiger partial charge in [-0.15, -0.1) is 0 Å². The first-order valence-corrected chi connectivity index (χ1v) is 13.9. The second kappa shape index (κ2) is 11.6. The van der Waals surface area contributed by atoms with Crippen molar-refractivity contribution in [2.45, 2.75) is 76.6 Å². The number of halogens is 6. The minimum Gasteiger partial charge on any atom is -0.351 e. The second-order valence-corrected chi connectivity index (χ2v) is 11.0. The van der Waals surface area contributed by atoms with Crippen LogP contribution < -0.4 is 10.2 Å². The van der Waals surface area contributed by atoms with Gasteiger partial charge in [-0.05, 0) is 55.7 Å². The molecule has 10 heteroatoms. The van der Waals surface area contributed by atoms with Crippen LogP contribution in [-0.2, 0) is 25.4 Å². The number of hydrogen-bond donors (Lipinski definition) is 1. The Morgan fingerprint density at radius 1 is 0.850 bits per heavy atom. The van der Waals surface area contributed by atoms with Crippen molar-refractivity contribution >= 4 is 16.7 Å². The number of para-hydroxylation sites is 1. The highest BCUT2D eigenvalue weighted by Crippen LogP contribution is 2.36. The third kappa shape index (κ3) is 6.54. The van der Waals surface area contributed by atoms with Gasteiger partial charge in [0, 0.05) is 55.8 Å². The van der Waals surface area contributed by atoms with Crippen LogP contribution in [0.5, 0.6) is 0 Å². The van der Waals surface area contributed by atoms with E-state index in [0.717, 1.165) is 54.1 Å². The summed E-state index contributed by atoms with van der Waals surface area (Å²) in [6.07, 6.45) is -3.41. The van der Waals surface area contributed by atoms with E-state index in [1.54, 1.807) is 0 Å². The van der Waals surface area contributed by atoms with Crippen LogP contribution in [0.25, 0.3) is 10.9 Å². The van der Waals surface area contributed by atoms with Crippen molar-refractivity contribution in [3.8, 4) is 0 Å². The number of hydrogen-bond acceptors (Lipinski definition) is 4. The van der Waals surface area contributed by atoms with E-state index in [9.17, 15) is 26.3 Å². The lowest BCUT2D eigenvalue weighted by Gasteiger charge is -2.45. The molecule has 40 heavy (non-hydrogen) atoms. The van der Waals surface area contributed by atoms with Gasteiger partial charge in [0.1, 0.15) is 5.82 Å². The van der Waals surface area contributed by atoms with Crippen molar-refractivity contribution in [2.24, 2.45) is 0 Å². The lowest BCUT2D eigenvalue weighted by atomic mass is 9.93. The Labute approximate surface area is 230 Å². The minimum atomic E-state index is -4.87. The summed E-state index contributed by atoms with van der Waals surface area (Å²) in [4.78, 5) is 9.85. The Morgan fingerprint density at radius 3 is 2.17 bits per heavy atom.